The summed E-state index contributed by atoms with van der Waals surface area (Å²) in [7, 11) is 0. The second-order valence-electron chi connectivity index (χ2n) is 3.42. The first-order valence-corrected chi connectivity index (χ1v) is 5.15. The average Bonchev–Trinajstić information content (AvgIpc) is 2.10. The summed E-state index contributed by atoms with van der Waals surface area (Å²) in [5.41, 5.74) is 0.610. The van der Waals surface area contributed by atoms with E-state index in [-0.39, 0.29) is 16.5 Å². The molecule has 2 heterocycles. The van der Waals surface area contributed by atoms with Crippen LogP contribution in [0.5, 0.6) is 0 Å². The molecule has 0 amide bonds. The third-order valence-electron chi connectivity index (χ3n) is 2.26. The van der Waals surface area contributed by atoms with Gasteiger partial charge < -0.3 is 5.11 Å². The van der Waals surface area contributed by atoms with Crippen LogP contribution in [0.4, 0.5) is 4.39 Å². The molecule has 2 rings (SSSR count). The van der Waals surface area contributed by atoms with Crippen LogP contribution in [0.2, 0.25) is 0 Å². The Bertz CT molecular complexity index is 342. The summed E-state index contributed by atoms with van der Waals surface area (Å²) in [4.78, 5) is 5.76. The van der Waals surface area contributed by atoms with E-state index in [1.165, 1.54) is 0 Å². The summed E-state index contributed by atoms with van der Waals surface area (Å²) in [6, 6.07) is 1.66. The highest BCUT2D eigenvalue weighted by Gasteiger charge is 2.25. The van der Waals surface area contributed by atoms with Crippen molar-refractivity contribution in [2.45, 2.75) is 12.6 Å². The number of aromatic nitrogens is 1. The van der Waals surface area contributed by atoms with Crippen molar-refractivity contribution in [3.8, 4) is 0 Å². The van der Waals surface area contributed by atoms with Gasteiger partial charge in [0.2, 0.25) is 0 Å². The lowest BCUT2D eigenvalue weighted by molar-refractivity contribution is -0.00346. The number of β-amino-alcohol motifs (C(OH)–C–C–N with tert-alkyl or cyclic N) is 1. The highest BCUT2D eigenvalue weighted by molar-refractivity contribution is 9.10. The molecule has 0 unspecified atom stereocenters. The lowest BCUT2D eigenvalue weighted by Crippen LogP contribution is -2.49. The standard InChI is InChI=1S/C9H10BrFN2O/c10-9-8(11)6(1-2-12-9)3-13-4-7(14)5-13/h1-2,7,14H,3-5H2. The Labute approximate surface area is 89.7 Å². The second kappa shape index (κ2) is 3.92. The lowest BCUT2D eigenvalue weighted by atomic mass is 10.1. The predicted molar refractivity (Wildman–Crippen MR) is 53.2 cm³/mol. The number of aliphatic hydroxyl groups is 1. The zero-order valence-corrected chi connectivity index (χ0v) is 9.04. The van der Waals surface area contributed by atoms with Crippen molar-refractivity contribution in [3.05, 3.63) is 28.2 Å². The van der Waals surface area contributed by atoms with Gasteiger partial charge in [0, 0.05) is 31.4 Å². The van der Waals surface area contributed by atoms with Gasteiger partial charge in [-0.05, 0) is 22.0 Å². The van der Waals surface area contributed by atoms with Gasteiger partial charge in [0.15, 0.2) is 5.82 Å². The monoisotopic (exact) mass is 260 g/mol. The minimum atomic E-state index is -0.311. The summed E-state index contributed by atoms with van der Waals surface area (Å²) >= 11 is 3.03. The maximum Gasteiger partial charge on any atom is 0.160 e. The van der Waals surface area contributed by atoms with Crippen LogP contribution in [-0.2, 0) is 6.54 Å². The normalized spacial score (nSPS) is 18.2. The first kappa shape index (κ1) is 10.0. The highest BCUT2D eigenvalue weighted by atomic mass is 79.9. The quantitative estimate of drug-likeness (QED) is 0.811. The van der Waals surface area contributed by atoms with Gasteiger partial charge in [-0.25, -0.2) is 9.37 Å². The lowest BCUT2D eigenvalue weighted by Gasteiger charge is -2.35. The van der Waals surface area contributed by atoms with E-state index in [0.29, 0.717) is 25.2 Å². The predicted octanol–water partition coefficient (Wildman–Crippen LogP) is 1.16. The van der Waals surface area contributed by atoms with E-state index in [0.717, 1.165) is 0 Å². The molecule has 1 saturated heterocycles. The SMILES string of the molecule is OC1CN(Cc2ccnc(Br)c2F)C1. The first-order valence-electron chi connectivity index (χ1n) is 4.36. The number of hydrogen-bond acceptors (Lipinski definition) is 3. The zero-order valence-electron chi connectivity index (χ0n) is 7.45. The van der Waals surface area contributed by atoms with Gasteiger partial charge in [-0.1, -0.05) is 0 Å². The summed E-state index contributed by atoms with van der Waals surface area (Å²) in [6.07, 6.45) is 1.32. The van der Waals surface area contributed by atoms with E-state index in [4.69, 9.17) is 5.11 Å². The molecule has 0 aromatic carbocycles. The van der Waals surface area contributed by atoms with Crippen LogP contribution < -0.4 is 0 Å². The molecule has 1 aliphatic heterocycles. The van der Waals surface area contributed by atoms with E-state index in [9.17, 15) is 4.39 Å². The molecule has 5 heteroatoms. The molecule has 0 saturated carbocycles. The number of rotatable bonds is 2. The van der Waals surface area contributed by atoms with Crippen LogP contribution in [0.15, 0.2) is 16.9 Å². The zero-order chi connectivity index (χ0) is 10.1. The fraction of sp³-hybridized carbons (Fsp3) is 0.444. The molecule has 0 bridgehead atoms. The van der Waals surface area contributed by atoms with Crippen LogP contribution in [-0.4, -0.2) is 34.2 Å². The Hall–Kier alpha value is -0.520. The van der Waals surface area contributed by atoms with Gasteiger partial charge >= 0.3 is 0 Å². The number of likely N-dealkylation sites (tertiary alicyclic amines) is 1. The largest absolute Gasteiger partial charge is 0.390 e. The molecule has 3 nitrogen and oxygen atoms in total. The van der Waals surface area contributed by atoms with Crippen molar-refractivity contribution in [2.75, 3.05) is 13.1 Å². The molecule has 1 N–H and O–H groups in total. The molecule has 76 valence electrons. The second-order valence-corrected chi connectivity index (χ2v) is 4.17. The maximum atomic E-state index is 13.4. The average molecular weight is 261 g/mol. The van der Waals surface area contributed by atoms with Crippen LogP contribution in [0.3, 0.4) is 0 Å². The molecule has 1 aromatic rings. The van der Waals surface area contributed by atoms with Crippen LogP contribution >= 0.6 is 15.9 Å². The fourth-order valence-electron chi connectivity index (χ4n) is 1.49. The molecule has 0 spiro atoms. The molecule has 0 aliphatic carbocycles. The first-order chi connectivity index (χ1) is 6.66. The number of hydrogen-bond donors (Lipinski definition) is 1. The van der Waals surface area contributed by atoms with Gasteiger partial charge in [-0.3, -0.25) is 4.90 Å². The summed E-state index contributed by atoms with van der Waals surface area (Å²) in [5.74, 6) is -0.311. The van der Waals surface area contributed by atoms with Crippen LogP contribution in [0.1, 0.15) is 5.56 Å². The van der Waals surface area contributed by atoms with Crippen molar-refractivity contribution in [1.29, 1.82) is 0 Å². The number of halogens is 2. The number of nitrogens with zero attached hydrogens (tertiary/aromatic N) is 2. The topological polar surface area (TPSA) is 36.4 Å². The Morgan fingerprint density at radius 1 is 1.64 bits per heavy atom. The number of pyridine rings is 1. The Morgan fingerprint density at radius 2 is 2.36 bits per heavy atom. The van der Waals surface area contributed by atoms with Crippen LogP contribution in [0.25, 0.3) is 0 Å². The molecule has 0 radical (unpaired) electrons. The van der Waals surface area contributed by atoms with Crippen molar-refractivity contribution in [2.24, 2.45) is 0 Å². The van der Waals surface area contributed by atoms with Crippen molar-refractivity contribution in [3.63, 3.8) is 0 Å². The molecule has 0 atom stereocenters. The van der Waals surface area contributed by atoms with Gasteiger partial charge in [-0.2, -0.15) is 0 Å². The summed E-state index contributed by atoms with van der Waals surface area (Å²) in [6.45, 7) is 1.78. The third kappa shape index (κ3) is 1.94. The van der Waals surface area contributed by atoms with Crippen molar-refractivity contribution < 1.29 is 9.50 Å². The van der Waals surface area contributed by atoms with Crippen molar-refractivity contribution in [1.82, 2.24) is 9.88 Å². The maximum absolute atomic E-state index is 13.4. The highest BCUT2D eigenvalue weighted by Crippen LogP contribution is 2.19. The molecule has 1 fully saturated rings. The van der Waals surface area contributed by atoms with E-state index < -0.39 is 0 Å². The minimum Gasteiger partial charge on any atom is -0.390 e. The minimum absolute atomic E-state index is 0.246. The number of aliphatic hydroxyl groups excluding tert-OH is 1. The van der Waals surface area contributed by atoms with Gasteiger partial charge in [0.1, 0.15) is 4.60 Å². The Kier molecular flexibility index (Phi) is 2.80. The Morgan fingerprint density at radius 3 is 3.00 bits per heavy atom. The molecule has 1 aromatic heterocycles. The van der Waals surface area contributed by atoms with E-state index in [1.807, 2.05) is 4.90 Å². The van der Waals surface area contributed by atoms with Gasteiger partial charge in [-0.15, -0.1) is 0 Å². The van der Waals surface area contributed by atoms with Crippen LogP contribution in [0, 0.1) is 5.82 Å². The van der Waals surface area contributed by atoms with E-state index in [1.54, 1.807) is 12.3 Å². The molecular formula is C9H10BrFN2O. The van der Waals surface area contributed by atoms with Crippen molar-refractivity contribution >= 4 is 15.9 Å². The Balaban J connectivity index is 2.06. The third-order valence-corrected chi connectivity index (χ3v) is 2.81. The fourth-order valence-corrected chi connectivity index (χ4v) is 1.86. The smallest absolute Gasteiger partial charge is 0.160 e. The van der Waals surface area contributed by atoms with Gasteiger partial charge in [0.25, 0.3) is 0 Å². The molecular weight excluding hydrogens is 251 g/mol. The van der Waals surface area contributed by atoms with Gasteiger partial charge in [0.05, 0.1) is 6.10 Å². The molecule has 14 heavy (non-hydrogen) atoms. The summed E-state index contributed by atoms with van der Waals surface area (Å²) in [5, 5.41) is 9.06. The van der Waals surface area contributed by atoms with E-state index in [2.05, 4.69) is 20.9 Å². The molecule has 1 aliphatic rings. The summed E-state index contributed by atoms with van der Waals surface area (Å²) < 4.78 is 13.7. The van der Waals surface area contributed by atoms with E-state index >= 15 is 0 Å².